The third-order valence-electron chi connectivity index (χ3n) is 3.19. The van der Waals surface area contributed by atoms with Crippen LogP contribution in [0.5, 0.6) is 0 Å². The maximum Gasteiger partial charge on any atom is 0.239 e. The number of amides is 2. The van der Waals surface area contributed by atoms with Gasteiger partial charge in [-0.15, -0.1) is 11.3 Å². The number of carbonyl (C=O) groups excluding carboxylic acids is 2. The summed E-state index contributed by atoms with van der Waals surface area (Å²) < 4.78 is 5.27. The summed E-state index contributed by atoms with van der Waals surface area (Å²) in [5.41, 5.74) is 6.44. The summed E-state index contributed by atoms with van der Waals surface area (Å²) in [5.74, 6) is 0.0985. The Morgan fingerprint density at radius 2 is 2.17 bits per heavy atom. The fourth-order valence-electron chi connectivity index (χ4n) is 1.74. The van der Waals surface area contributed by atoms with Crippen LogP contribution in [0, 0.1) is 5.92 Å². The lowest BCUT2D eigenvalue weighted by molar-refractivity contribution is -0.127. The number of rotatable bonds is 7. The average molecular weight is 336 g/mol. The van der Waals surface area contributed by atoms with Crippen molar-refractivity contribution in [2.24, 2.45) is 11.7 Å². The van der Waals surface area contributed by atoms with Crippen molar-refractivity contribution in [1.82, 2.24) is 15.6 Å². The van der Waals surface area contributed by atoms with Crippen LogP contribution >= 0.6 is 11.3 Å². The highest BCUT2D eigenvalue weighted by Crippen LogP contribution is 2.23. The van der Waals surface area contributed by atoms with Crippen molar-refractivity contribution in [3.63, 3.8) is 0 Å². The zero-order chi connectivity index (χ0) is 16.8. The average Bonchev–Trinajstić information content (AvgIpc) is 3.20. The number of thiazole rings is 1. The predicted octanol–water partition coefficient (Wildman–Crippen LogP) is 1.12. The van der Waals surface area contributed by atoms with Crippen molar-refractivity contribution in [3.8, 4) is 10.8 Å². The van der Waals surface area contributed by atoms with Crippen molar-refractivity contribution in [3.05, 3.63) is 29.5 Å². The summed E-state index contributed by atoms with van der Waals surface area (Å²) >= 11 is 1.44. The molecular formula is C15H20N4O3S. The van der Waals surface area contributed by atoms with E-state index in [1.165, 1.54) is 11.3 Å². The lowest BCUT2D eigenvalue weighted by Gasteiger charge is -2.14. The molecule has 0 saturated heterocycles. The van der Waals surface area contributed by atoms with E-state index < -0.39 is 6.04 Å². The fraction of sp³-hybridized carbons (Fsp3) is 0.400. The molecule has 0 radical (unpaired) electrons. The molecule has 0 aliphatic carbocycles. The Bertz CT molecular complexity index is 651. The second kappa shape index (κ2) is 7.89. The molecule has 2 aromatic heterocycles. The van der Waals surface area contributed by atoms with Crippen LogP contribution in [0.25, 0.3) is 10.8 Å². The van der Waals surface area contributed by atoms with E-state index in [0.29, 0.717) is 12.3 Å². The molecule has 0 aliphatic rings. The molecular weight excluding hydrogens is 316 g/mol. The maximum atomic E-state index is 11.7. The van der Waals surface area contributed by atoms with Crippen LogP contribution in [0.4, 0.5) is 0 Å². The highest BCUT2D eigenvalue weighted by atomic mass is 32.1. The maximum absolute atomic E-state index is 11.7. The van der Waals surface area contributed by atoms with Crippen LogP contribution in [0.2, 0.25) is 0 Å². The first-order valence-corrected chi connectivity index (χ1v) is 8.13. The third kappa shape index (κ3) is 4.90. The predicted molar refractivity (Wildman–Crippen MR) is 87.5 cm³/mol. The van der Waals surface area contributed by atoms with Crippen LogP contribution in [0.3, 0.4) is 0 Å². The van der Waals surface area contributed by atoms with Gasteiger partial charge in [0.05, 0.1) is 31.1 Å². The summed E-state index contributed by atoms with van der Waals surface area (Å²) in [5, 5.41) is 7.83. The molecule has 8 heteroatoms. The number of nitrogens with zero attached hydrogens (tertiary/aromatic N) is 1. The van der Waals surface area contributed by atoms with Gasteiger partial charge in [-0.25, -0.2) is 4.98 Å². The van der Waals surface area contributed by atoms with Crippen LogP contribution in [-0.2, 0) is 16.1 Å². The molecule has 124 valence electrons. The van der Waals surface area contributed by atoms with Crippen molar-refractivity contribution in [2.75, 3.05) is 6.54 Å². The molecule has 0 bridgehead atoms. The van der Waals surface area contributed by atoms with Crippen LogP contribution in [0.1, 0.15) is 19.5 Å². The van der Waals surface area contributed by atoms with E-state index in [1.54, 1.807) is 12.3 Å². The van der Waals surface area contributed by atoms with Gasteiger partial charge >= 0.3 is 0 Å². The molecule has 2 amide bonds. The topological polar surface area (TPSA) is 110 Å². The van der Waals surface area contributed by atoms with E-state index in [9.17, 15) is 9.59 Å². The number of hydrogen-bond acceptors (Lipinski definition) is 6. The van der Waals surface area contributed by atoms with Gasteiger partial charge in [-0.1, -0.05) is 13.8 Å². The molecule has 0 unspecified atom stereocenters. The van der Waals surface area contributed by atoms with Gasteiger partial charge in [0, 0.05) is 5.38 Å². The molecule has 2 rings (SSSR count). The van der Waals surface area contributed by atoms with E-state index in [4.69, 9.17) is 10.2 Å². The number of furan rings is 1. The van der Waals surface area contributed by atoms with E-state index in [0.717, 1.165) is 10.7 Å². The van der Waals surface area contributed by atoms with E-state index in [-0.39, 0.29) is 24.3 Å². The minimum absolute atomic E-state index is 0.0214. The lowest BCUT2D eigenvalue weighted by atomic mass is 10.1. The Hall–Kier alpha value is -2.19. The molecule has 0 saturated carbocycles. The molecule has 1 atom stereocenters. The Morgan fingerprint density at radius 1 is 1.39 bits per heavy atom. The smallest absolute Gasteiger partial charge is 0.239 e. The van der Waals surface area contributed by atoms with Gasteiger partial charge < -0.3 is 20.8 Å². The molecule has 0 aliphatic heterocycles. The molecule has 0 aromatic carbocycles. The standard InChI is InChI=1S/C15H20N4O3S/c1-9(2)13(16)14(21)18-7-12(20)17-6-10-8-23-15(19-10)11-4-3-5-22-11/h3-5,8-9,13H,6-7,16H2,1-2H3,(H,17,20)(H,18,21)/t13-/m0/s1. The number of aromatic nitrogens is 1. The Labute approximate surface area is 138 Å². The van der Waals surface area contributed by atoms with Gasteiger partial charge in [0.2, 0.25) is 11.8 Å². The SMILES string of the molecule is CC(C)[C@H](N)C(=O)NCC(=O)NCc1csc(-c2ccco2)n1. The molecule has 7 nitrogen and oxygen atoms in total. The van der Waals surface area contributed by atoms with Gasteiger partial charge in [0.25, 0.3) is 0 Å². The summed E-state index contributed by atoms with van der Waals surface area (Å²) in [6.07, 6.45) is 1.59. The number of nitrogens with two attached hydrogens (primary N) is 1. The zero-order valence-electron chi connectivity index (χ0n) is 13.0. The molecule has 0 spiro atoms. The van der Waals surface area contributed by atoms with Gasteiger partial charge in [-0.05, 0) is 18.1 Å². The van der Waals surface area contributed by atoms with Gasteiger partial charge in [0.15, 0.2) is 10.8 Å². The number of carbonyl (C=O) groups is 2. The first-order valence-electron chi connectivity index (χ1n) is 7.25. The number of nitrogens with one attached hydrogen (secondary N) is 2. The highest BCUT2D eigenvalue weighted by Gasteiger charge is 2.17. The summed E-state index contributed by atoms with van der Waals surface area (Å²) in [7, 11) is 0. The van der Waals surface area contributed by atoms with Gasteiger partial charge in [0.1, 0.15) is 0 Å². The van der Waals surface area contributed by atoms with Crippen molar-refractivity contribution >= 4 is 23.2 Å². The van der Waals surface area contributed by atoms with E-state index >= 15 is 0 Å². The van der Waals surface area contributed by atoms with E-state index in [1.807, 2.05) is 25.3 Å². The first kappa shape index (κ1) is 17.2. The first-order chi connectivity index (χ1) is 11.0. The third-order valence-corrected chi connectivity index (χ3v) is 4.10. The van der Waals surface area contributed by atoms with Gasteiger partial charge in [-0.2, -0.15) is 0 Å². The van der Waals surface area contributed by atoms with Crippen molar-refractivity contribution in [1.29, 1.82) is 0 Å². The second-order valence-corrected chi connectivity index (χ2v) is 6.24. The minimum atomic E-state index is -0.614. The van der Waals surface area contributed by atoms with Crippen LogP contribution in [-0.4, -0.2) is 29.4 Å². The van der Waals surface area contributed by atoms with Crippen LogP contribution in [0.15, 0.2) is 28.2 Å². The van der Waals surface area contributed by atoms with Crippen molar-refractivity contribution < 1.29 is 14.0 Å². The van der Waals surface area contributed by atoms with Crippen LogP contribution < -0.4 is 16.4 Å². The molecule has 23 heavy (non-hydrogen) atoms. The van der Waals surface area contributed by atoms with E-state index in [2.05, 4.69) is 15.6 Å². The quantitative estimate of drug-likeness (QED) is 0.702. The largest absolute Gasteiger partial charge is 0.462 e. The summed E-state index contributed by atoms with van der Waals surface area (Å²) in [6.45, 7) is 3.89. The zero-order valence-corrected chi connectivity index (χ0v) is 13.9. The molecule has 2 aromatic rings. The summed E-state index contributed by atoms with van der Waals surface area (Å²) in [6, 6.07) is 3.01. The van der Waals surface area contributed by atoms with Gasteiger partial charge in [-0.3, -0.25) is 9.59 Å². The fourth-order valence-corrected chi connectivity index (χ4v) is 2.53. The Morgan fingerprint density at radius 3 is 2.83 bits per heavy atom. The Balaban J connectivity index is 1.76. The normalized spacial score (nSPS) is 12.2. The number of hydrogen-bond donors (Lipinski definition) is 3. The lowest BCUT2D eigenvalue weighted by Crippen LogP contribution is -2.47. The second-order valence-electron chi connectivity index (χ2n) is 5.39. The molecule has 4 N–H and O–H groups in total. The molecule has 2 heterocycles. The Kier molecular flexibility index (Phi) is 5.89. The highest BCUT2D eigenvalue weighted by molar-refractivity contribution is 7.13. The molecule has 0 fully saturated rings. The van der Waals surface area contributed by atoms with Crippen molar-refractivity contribution in [2.45, 2.75) is 26.4 Å². The summed E-state index contributed by atoms with van der Waals surface area (Å²) in [4.78, 5) is 27.8. The monoisotopic (exact) mass is 336 g/mol. The minimum Gasteiger partial charge on any atom is -0.462 e.